The number of hydrogen-bond acceptors (Lipinski definition) is 9. The van der Waals surface area contributed by atoms with Gasteiger partial charge in [0.1, 0.15) is 0 Å². The third-order valence-electron chi connectivity index (χ3n) is 20.2. The zero-order valence-corrected chi connectivity index (χ0v) is 63.0. The van der Waals surface area contributed by atoms with E-state index in [0.717, 1.165) is 50.0 Å². The van der Waals surface area contributed by atoms with Crippen LogP contribution in [-0.2, 0) is 31.9 Å². The molecule has 0 saturated carbocycles. The first-order valence-corrected chi connectivity index (χ1v) is 43.8. The van der Waals surface area contributed by atoms with E-state index in [1.165, 1.54) is 32.7 Å². The van der Waals surface area contributed by atoms with Gasteiger partial charge in [-0.25, -0.2) is 0 Å². The maximum atomic E-state index is 7.96. The van der Waals surface area contributed by atoms with E-state index in [1.54, 1.807) is 0 Å². The highest BCUT2D eigenvalue weighted by atomic mass is 32.2. The van der Waals surface area contributed by atoms with E-state index in [-0.39, 0.29) is 55.1 Å². The van der Waals surface area contributed by atoms with Crippen LogP contribution in [0.4, 0.5) is 0 Å². The molecular formula is C73H116O7S2Si4. The predicted molar refractivity (Wildman–Crippen MR) is 381 cm³/mol. The van der Waals surface area contributed by atoms with Gasteiger partial charge in [0, 0.05) is 18.4 Å². The lowest BCUT2D eigenvalue weighted by Crippen LogP contribution is -2.66. The lowest BCUT2D eigenvalue weighted by atomic mass is 9.76. The van der Waals surface area contributed by atoms with Crippen molar-refractivity contribution in [3.8, 4) is 0 Å². The summed E-state index contributed by atoms with van der Waals surface area (Å²) in [6.45, 7) is 51.7. The number of ether oxygens (including phenoxy) is 3. The summed E-state index contributed by atoms with van der Waals surface area (Å²) in [7, 11) is -10.1. The highest BCUT2D eigenvalue weighted by molar-refractivity contribution is 8.18. The normalized spacial score (nSPS) is 22.2. The van der Waals surface area contributed by atoms with Gasteiger partial charge in [-0.3, -0.25) is 0 Å². The summed E-state index contributed by atoms with van der Waals surface area (Å²) in [5.41, 5.74) is 2.57. The molecule has 0 N–H and O–H groups in total. The van der Waals surface area contributed by atoms with Crippen LogP contribution in [0, 0.1) is 5.41 Å². The Morgan fingerprint density at radius 1 is 0.558 bits per heavy atom. The van der Waals surface area contributed by atoms with Crippen LogP contribution < -0.4 is 20.7 Å². The van der Waals surface area contributed by atoms with Crippen molar-refractivity contribution in [1.82, 2.24) is 0 Å². The van der Waals surface area contributed by atoms with E-state index < -0.39 is 39.1 Å². The van der Waals surface area contributed by atoms with Gasteiger partial charge in [-0.2, -0.15) is 0 Å². The molecule has 13 heteroatoms. The third-order valence-corrected chi connectivity index (χ3v) is 44.9. The molecule has 3 aliphatic rings. The molecule has 4 aromatic carbocycles. The first-order valence-electron chi connectivity index (χ1n) is 32.9. The van der Waals surface area contributed by atoms with Crippen molar-refractivity contribution in [3.63, 3.8) is 0 Å². The molecule has 0 bridgehead atoms. The molecule has 0 aliphatic carbocycles. The Balaban J connectivity index is 1.22. The summed E-state index contributed by atoms with van der Waals surface area (Å²) < 4.78 is 52.0. The Bertz CT molecular complexity index is 2630. The summed E-state index contributed by atoms with van der Waals surface area (Å²) in [6.07, 6.45) is 8.29. The minimum absolute atomic E-state index is 0.00832. The van der Waals surface area contributed by atoms with Crippen LogP contribution in [0.2, 0.25) is 44.8 Å². The molecule has 4 aromatic rings. The van der Waals surface area contributed by atoms with Crippen LogP contribution >= 0.6 is 23.5 Å². The van der Waals surface area contributed by atoms with E-state index in [9.17, 15) is 0 Å². The molecule has 0 amide bonds. The third kappa shape index (κ3) is 15.9. The van der Waals surface area contributed by atoms with Gasteiger partial charge in [0.2, 0.25) is 0 Å². The van der Waals surface area contributed by atoms with Crippen LogP contribution in [-0.4, -0.2) is 105 Å². The Kier molecular flexibility index (Phi) is 23.9. The van der Waals surface area contributed by atoms with Crippen molar-refractivity contribution in [2.75, 3.05) is 31.3 Å². The fourth-order valence-corrected chi connectivity index (χ4v) is 34.9. The zero-order valence-electron chi connectivity index (χ0n) is 57.4. The average Bonchev–Trinajstić information content (AvgIpc) is 1.05. The fraction of sp³-hybridized carbons (Fsp3) is 0.644. The summed E-state index contributed by atoms with van der Waals surface area (Å²) in [5, 5.41) is 4.98. The van der Waals surface area contributed by atoms with Gasteiger partial charge in [-0.05, 0) is 129 Å². The van der Waals surface area contributed by atoms with Gasteiger partial charge in [-0.15, -0.1) is 23.5 Å². The maximum absolute atomic E-state index is 7.96. The molecule has 3 saturated heterocycles. The molecule has 7 nitrogen and oxygen atoms in total. The van der Waals surface area contributed by atoms with Crippen LogP contribution in [0.5, 0.6) is 0 Å². The first-order chi connectivity index (χ1) is 40.2. The largest absolute Gasteiger partial charge is 0.413 e. The second-order valence-electron chi connectivity index (χ2n) is 31.0. The van der Waals surface area contributed by atoms with Crippen LogP contribution in [0.1, 0.15) is 176 Å². The van der Waals surface area contributed by atoms with E-state index in [0.29, 0.717) is 36.4 Å². The number of hydrogen-bond donors (Lipinski definition) is 0. The number of rotatable bonds is 25. The molecule has 0 aromatic heterocycles. The highest BCUT2D eigenvalue weighted by Crippen LogP contribution is 2.61. The lowest BCUT2D eigenvalue weighted by Gasteiger charge is -2.56. The lowest BCUT2D eigenvalue weighted by molar-refractivity contribution is -0.305. The van der Waals surface area contributed by atoms with Crippen LogP contribution in [0.25, 0.3) is 0 Å². The molecule has 0 radical (unpaired) electrons. The van der Waals surface area contributed by atoms with Crippen LogP contribution in [0.3, 0.4) is 0 Å². The predicted octanol–water partition coefficient (Wildman–Crippen LogP) is 17.9. The summed E-state index contributed by atoms with van der Waals surface area (Å²) >= 11 is 4.35. The van der Waals surface area contributed by atoms with E-state index in [4.69, 9.17) is 31.9 Å². The monoisotopic (exact) mass is 1280 g/mol. The molecule has 86 heavy (non-hydrogen) atoms. The number of thioether (sulfide) groups is 2. The smallest absolute Gasteiger partial charge is 0.261 e. The van der Waals surface area contributed by atoms with E-state index in [1.807, 2.05) is 0 Å². The molecule has 5 atom stereocenters. The Hall–Kier alpha value is -2.09. The van der Waals surface area contributed by atoms with Gasteiger partial charge in [0.25, 0.3) is 16.6 Å². The highest BCUT2D eigenvalue weighted by Gasteiger charge is 2.57. The molecule has 0 unspecified atom stereocenters. The minimum Gasteiger partial charge on any atom is -0.413 e. The SMILES string of the molecule is CC(C)[Si](OC[C@H]1C/C(=C\CO[Si](c2ccccc2)(c2ccccc2)C(C)(C)C)C[C@@H](CC2(C(C)(C)[C@H](C[C@H]3C[C@H](CCO[Si](c4ccccc4)(c4ccccc4)C(C)(C)C)OC(C)(C)O3)O[Si](C)(C)C(C)(C)C)SCCCS2)O1)(C(C)C)C(C)C. The van der Waals surface area contributed by atoms with Gasteiger partial charge in [0.15, 0.2) is 22.4 Å². The van der Waals surface area contributed by atoms with Gasteiger partial charge in [0.05, 0.1) is 47.8 Å². The summed E-state index contributed by atoms with van der Waals surface area (Å²) in [5.74, 6) is 1.44. The van der Waals surface area contributed by atoms with Crippen LogP contribution in [0.15, 0.2) is 133 Å². The minimum atomic E-state index is -2.78. The van der Waals surface area contributed by atoms with Crippen molar-refractivity contribution in [2.45, 2.75) is 262 Å². The van der Waals surface area contributed by atoms with Gasteiger partial charge in [-0.1, -0.05) is 251 Å². The first kappa shape index (κ1) is 71.4. The Labute approximate surface area is 537 Å². The topological polar surface area (TPSA) is 64.6 Å². The van der Waals surface area contributed by atoms with Crippen molar-refractivity contribution in [2.24, 2.45) is 5.41 Å². The average molecular weight is 1280 g/mol. The summed E-state index contributed by atoms with van der Waals surface area (Å²) in [6, 6.07) is 44.2. The fourth-order valence-electron chi connectivity index (χ4n) is 15.0. The van der Waals surface area contributed by atoms with Gasteiger partial charge < -0.3 is 31.9 Å². The quantitative estimate of drug-likeness (QED) is 0.0477. The molecule has 3 aliphatic heterocycles. The molecule has 7 rings (SSSR count). The van der Waals surface area contributed by atoms with Gasteiger partial charge >= 0.3 is 0 Å². The van der Waals surface area contributed by atoms with E-state index in [2.05, 4.69) is 296 Å². The molecule has 3 fully saturated rings. The van der Waals surface area contributed by atoms with Crippen molar-refractivity contribution in [3.05, 3.63) is 133 Å². The molecular weight excluding hydrogens is 1170 g/mol. The molecule has 478 valence electrons. The summed E-state index contributed by atoms with van der Waals surface area (Å²) in [4.78, 5) is 0. The second-order valence-corrected chi connectivity index (χ2v) is 52.9. The standard InChI is InChI=1S/C73H116O7S2Si4/c1-55(2)84(56(3)4,57(5)6)76-54-62-50-58(43-45-74-85(69(10,11)12,63-35-26-22-27-36-63)64-37-28-23-29-38-64)49-61(77-62)53-73(81-47-34-48-82-73)71(16,17)67(80-83(20,21)68(7,8)9)52-60-51-59(78-72(18,19)79-60)44-46-75-86(70(13,14)15,65-39-30-24-31-40-65)66-41-32-25-33-42-66/h22-33,35-43,55-57,59-62,67H,34,44-54H2,1-21H3/b58-43-/t59-,60+,61-,62+,67-/m0/s1. The zero-order chi connectivity index (χ0) is 63.2. The number of benzene rings is 4. The van der Waals surface area contributed by atoms with Crippen molar-refractivity contribution >= 4 is 77.5 Å². The molecule has 0 spiro atoms. The van der Waals surface area contributed by atoms with Crippen molar-refractivity contribution < 1.29 is 31.9 Å². The second kappa shape index (κ2) is 28.8. The molecule has 3 heterocycles. The van der Waals surface area contributed by atoms with Crippen molar-refractivity contribution in [1.29, 1.82) is 0 Å². The van der Waals surface area contributed by atoms with E-state index >= 15 is 0 Å². The maximum Gasteiger partial charge on any atom is 0.261 e. The Morgan fingerprint density at radius 2 is 0.988 bits per heavy atom. The Morgan fingerprint density at radius 3 is 1.42 bits per heavy atom.